The van der Waals surface area contributed by atoms with E-state index < -0.39 is 0 Å². The molecule has 1 nitrogen and oxygen atoms in total. The van der Waals surface area contributed by atoms with Crippen LogP contribution in [-0.4, -0.2) is 0 Å². The van der Waals surface area contributed by atoms with Gasteiger partial charge in [0.15, 0.2) is 5.09 Å². The Hall–Kier alpha value is -0.940. The predicted molar refractivity (Wildman–Crippen MR) is 79.5 cm³/mol. The van der Waals surface area contributed by atoms with E-state index in [1.807, 2.05) is 36.4 Å². The summed E-state index contributed by atoms with van der Waals surface area (Å²) in [6.45, 7) is 0. The number of benzene rings is 2. The van der Waals surface area contributed by atoms with Gasteiger partial charge in [0.05, 0.1) is 3.57 Å². The third kappa shape index (κ3) is 2.21. The summed E-state index contributed by atoms with van der Waals surface area (Å²) < 4.78 is 7.05. The van der Waals surface area contributed by atoms with Gasteiger partial charge in [0.25, 0.3) is 0 Å². The van der Waals surface area contributed by atoms with Gasteiger partial charge in [-0.1, -0.05) is 48.2 Å². The highest BCUT2D eigenvalue weighted by atomic mass is 127. The minimum atomic E-state index is 0.954. The number of para-hydroxylation sites is 1. The van der Waals surface area contributed by atoms with Crippen molar-refractivity contribution in [2.75, 3.05) is 0 Å². The van der Waals surface area contributed by atoms with Gasteiger partial charge in [-0.3, -0.25) is 0 Å². The summed E-state index contributed by atoms with van der Waals surface area (Å²) >= 11 is 4.01. The molecule has 1 heterocycles. The molecule has 3 heteroatoms. The molecule has 0 bridgehead atoms. The summed E-state index contributed by atoms with van der Waals surface area (Å²) in [6.07, 6.45) is 0. The van der Waals surface area contributed by atoms with Crippen LogP contribution in [0, 0.1) is 3.57 Å². The highest BCUT2D eigenvalue weighted by molar-refractivity contribution is 14.1. The zero-order chi connectivity index (χ0) is 11.7. The van der Waals surface area contributed by atoms with Gasteiger partial charge in [0.2, 0.25) is 0 Å². The normalized spacial score (nSPS) is 10.9. The van der Waals surface area contributed by atoms with Crippen molar-refractivity contribution in [3.8, 4) is 0 Å². The molecule has 0 saturated heterocycles. The van der Waals surface area contributed by atoms with E-state index in [1.165, 1.54) is 13.9 Å². The minimum Gasteiger partial charge on any atom is -0.448 e. The van der Waals surface area contributed by atoms with Crippen LogP contribution in [0.4, 0.5) is 0 Å². The first-order valence-electron chi connectivity index (χ1n) is 5.24. The summed E-state index contributed by atoms with van der Waals surface area (Å²) in [6, 6.07) is 18.4. The van der Waals surface area contributed by atoms with Crippen LogP contribution < -0.4 is 0 Å². The molecule has 0 radical (unpaired) electrons. The Morgan fingerprint density at radius 3 is 2.35 bits per heavy atom. The molecule has 3 aromatic rings. The van der Waals surface area contributed by atoms with Gasteiger partial charge in [0.1, 0.15) is 5.58 Å². The van der Waals surface area contributed by atoms with Crippen LogP contribution in [0.3, 0.4) is 0 Å². The van der Waals surface area contributed by atoms with Gasteiger partial charge in [-0.15, -0.1) is 0 Å². The van der Waals surface area contributed by atoms with Crippen molar-refractivity contribution in [1.82, 2.24) is 0 Å². The van der Waals surface area contributed by atoms with Crippen LogP contribution in [0.25, 0.3) is 11.0 Å². The van der Waals surface area contributed by atoms with Gasteiger partial charge in [-0.2, -0.15) is 0 Å². The van der Waals surface area contributed by atoms with Crippen LogP contribution in [0.15, 0.2) is 69.0 Å². The summed E-state index contributed by atoms with van der Waals surface area (Å²) in [7, 11) is 0. The molecular formula is C14H9IOS. The van der Waals surface area contributed by atoms with Crippen molar-refractivity contribution in [1.29, 1.82) is 0 Å². The molecular weight excluding hydrogens is 343 g/mol. The molecule has 0 aliphatic carbocycles. The molecule has 2 aromatic carbocycles. The van der Waals surface area contributed by atoms with E-state index in [1.54, 1.807) is 11.8 Å². The second-order valence-corrected chi connectivity index (χ2v) is 5.74. The van der Waals surface area contributed by atoms with E-state index in [-0.39, 0.29) is 0 Å². The van der Waals surface area contributed by atoms with Crippen molar-refractivity contribution < 1.29 is 4.42 Å². The van der Waals surface area contributed by atoms with Crippen molar-refractivity contribution in [3.63, 3.8) is 0 Å². The summed E-state index contributed by atoms with van der Waals surface area (Å²) in [4.78, 5) is 1.20. The Bertz CT molecular complexity index is 646. The lowest BCUT2D eigenvalue weighted by atomic mass is 10.3. The quantitative estimate of drug-likeness (QED) is 0.589. The monoisotopic (exact) mass is 352 g/mol. The molecule has 17 heavy (non-hydrogen) atoms. The number of hydrogen-bond donors (Lipinski definition) is 0. The number of halogens is 1. The molecule has 84 valence electrons. The first kappa shape index (κ1) is 11.2. The molecule has 0 saturated carbocycles. The van der Waals surface area contributed by atoms with Gasteiger partial charge < -0.3 is 4.42 Å². The van der Waals surface area contributed by atoms with E-state index in [4.69, 9.17) is 4.42 Å². The van der Waals surface area contributed by atoms with E-state index in [0.29, 0.717) is 0 Å². The van der Waals surface area contributed by atoms with Gasteiger partial charge in [-0.05, 0) is 40.8 Å². The second kappa shape index (κ2) is 4.74. The molecule has 0 N–H and O–H groups in total. The van der Waals surface area contributed by atoms with Crippen molar-refractivity contribution in [2.45, 2.75) is 9.99 Å². The number of fused-ring (bicyclic) bond motifs is 1. The van der Waals surface area contributed by atoms with Crippen LogP contribution >= 0.6 is 34.4 Å². The van der Waals surface area contributed by atoms with Gasteiger partial charge in [0, 0.05) is 10.3 Å². The fourth-order valence-corrected chi connectivity index (χ4v) is 3.38. The number of hydrogen-bond acceptors (Lipinski definition) is 2. The average molecular weight is 352 g/mol. The Morgan fingerprint density at radius 2 is 1.59 bits per heavy atom. The lowest BCUT2D eigenvalue weighted by Gasteiger charge is -1.97. The van der Waals surface area contributed by atoms with Crippen LogP contribution in [-0.2, 0) is 0 Å². The SMILES string of the molecule is Ic1c(Sc2ccccc2)oc2ccccc12. The largest absolute Gasteiger partial charge is 0.448 e. The van der Waals surface area contributed by atoms with Crippen LogP contribution in [0.1, 0.15) is 0 Å². The fraction of sp³-hybridized carbons (Fsp3) is 0. The smallest absolute Gasteiger partial charge is 0.179 e. The third-order valence-electron chi connectivity index (χ3n) is 2.46. The van der Waals surface area contributed by atoms with E-state index in [2.05, 4.69) is 40.8 Å². The van der Waals surface area contributed by atoms with E-state index in [0.717, 1.165) is 10.7 Å². The first-order valence-corrected chi connectivity index (χ1v) is 7.14. The molecule has 0 spiro atoms. The molecule has 1 aromatic heterocycles. The maximum Gasteiger partial charge on any atom is 0.179 e. The molecule has 0 aliphatic heterocycles. The van der Waals surface area contributed by atoms with E-state index >= 15 is 0 Å². The summed E-state index contributed by atoms with van der Waals surface area (Å²) in [5.41, 5.74) is 0.954. The average Bonchev–Trinajstić information content (AvgIpc) is 2.68. The zero-order valence-corrected chi connectivity index (χ0v) is 11.9. The fourth-order valence-electron chi connectivity index (χ4n) is 1.65. The molecule has 0 atom stereocenters. The lowest BCUT2D eigenvalue weighted by molar-refractivity contribution is 0.511. The van der Waals surface area contributed by atoms with Crippen molar-refractivity contribution >= 4 is 45.3 Å². The Balaban J connectivity index is 2.04. The summed E-state index contributed by atoms with van der Waals surface area (Å²) in [5, 5.41) is 2.16. The molecule has 0 unspecified atom stereocenters. The number of rotatable bonds is 2. The topological polar surface area (TPSA) is 13.1 Å². The maximum atomic E-state index is 5.86. The Labute approximate surface area is 117 Å². The highest BCUT2D eigenvalue weighted by Crippen LogP contribution is 2.37. The van der Waals surface area contributed by atoms with Crippen LogP contribution in [0.2, 0.25) is 0 Å². The Kier molecular flexibility index (Phi) is 3.11. The molecule has 0 fully saturated rings. The van der Waals surface area contributed by atoms with Crippen molar-refractivity contribution in [2.24, 2.45) is 0 Å². The first-order chi connectivity index (χ1) is 8.34. The molecule has 3 rings (SSSR count). The van der Waals surface area contributed by atoms with Crippen LogP contribution in [0.5, 0.6) is 0 Å². The maximum absolute atomic E-state index is 5.86. The minimum absolute atomic E-state index is 0.954. The number of furan rings is 1. The van der Waals surface area contributed by atoms with Gasteiger partial charge in [-0.25, -0.2) is 0 Å². The zero-order valence-electron chi connectivity index (χ0n) is 8.89. The summed E-state index contributed by atoms with van der Waals surface area (Å²) in [5.74, 6) is 0. The lowest BCUT2D eigenvalue weighted by Crippen LogP contribution is -1.72. The third-order valence-corrected chi connectivity index (χ3v) is 4.88. The van der Waals surface area contributed by atoms with E-state index in [9.17, 15) is 0 Å². The van der Waals surface area contributed by atoms with Gasteiger partial charge >= 0.3 is 0 Å². The van der Waals surface area contributed by atoms with Crippen molar-refractivity contribution in [3.05, 3.63) is 58.2 Å². The molecule has 0 aliphatic rings. The predicted octanol–water partition coefficient (Wildman–Crippen LogP) is 5.19. The Morgan fingerprint density at radius 1 is 0.882 bits per heavy atom. The second-order valence-electron chi connectivity index (χ2n) is 3.61. The standard InChI is InChI=1S/C14H9IOS/c15-13-11-8-4-5-9-12(11)16-14(13)17-10-6-2-1-3-7-10/h1-9H. The molecule has 0 amide bonds. The highest BCUT2D eigenvalue weighted by Gasteiger charge is 2.12.